The molecule has 0 aliphatic rings. The Hall–Kier alpha value is -2.86. The molecule has 0 amide bonds. The van der Waals surface area contributed by atoms with Crippen molar-refractivity contribution in [3.05, 3.63) is 74.8 Å². The van der Waals surface area contributed by atoms with Gasteiger partial charge in [-0.25, -0.2) is 0 Å². The van der Waals surface area contributed by atoms with Crippen LogP contribution < -0.4 is 10.1 Å². The van der Waals surface area contributed by atoms with Gasteiger partial charge >= 0.3 is 0 Å². The van der Waals surface area contributed by atoms with E-state index in [9.17, 15) is 4.79 Å². The predicted molar refractivity (Wildman–Crippen MR) is 95.0 cm³/mol. The lowest BCUT2D eigenvalue weighted by Crippen LogP contribution is -2.23. The van der Waals surface area contributed by atoms with Gasteiger partial charge in [0.1, 0.15) is 0 Å². The van der Waals surface area contributed by atoms with E-state index in [1.165, 1.54) is 21.4 Å². The van der Waals surface area contributed by atoms with E-state index in [1.54, 1.807) is 12.4 Å². The Morgan fingerprint density at radius 3 is 2.54 bits per heavy atom. The van der Waals surface area contributed by atoms with Gasteiger partial charge in [-0.2, -0.15) is 9.50 Å². The lowest BCUT2D eigenvalue weighted by Gasteiger charge is -1.96. The number of aromatic nitrogens is 4. The first-order valence-electron chi connectivity index (χ1n) is 7.65. The Labute approximate surface area is 141 Å². The zero-order valence-electron chi connectivity index (χ0n) is 13.0. The van der Waals surface area contributed by atoms with Crippen LogP contribution in [0.15, 0.2) is 53.6 Å². The highest BCUT2D eigenvalue weighted by molar-refractivity contribution is 7.15. The minimum absolute atomic E-state index is 0.137. The molecule has 0 aliphatic heterocycles. The van der Waals surface area contributed by atoms with Crippen LogP contribution >= 0.6 is 11.3 Å². The van der Waals surface area contributed by atoms with Crippen LogP contribution in [0, 0.1) is 0 Å². The van der Waals surface area contributed by atoms with Gasteiger partial charge in [-0.05, 0) is 35.8 Å². The Kier molecular flexibility index (Phi) is 3.66. The number of rotatable bonds is 3. The van der Waals surface area contributed by atoms with Gasteiger partial charge in [-0.3, -0.25) is 9.78 Å². The van der Waals surface area contributed by atoms with E-state index in [0.717, 1.165) is 17.5 Å². The maximum atomic E-state index is 12.5. The van der Waals surface area contributed by atoms with E-state index in [0.29, 0.717) is 15.3 Å². The molecule has 0 fully saturated rings. The van der Waals surface area contributed by atoms with Crippen molar-refractivity contribution in [2.45, 2.75) is 13.3 Å². The van der Waals surface area contributed by atoms with Crippen LogP contribution in [0.3, 0.4) is 0 Å². The molecule has 118 valence electrons. The topological polar surface area (TPSA) is 60.1 Å². The van der Waals surface area contributed by atoms with Gasteiger partial charge in [0.15, 0.2) is 5.82 Å². The van der Waals surface area contributed by atoms with E-state index >= 15 is 0 Å². The van der Waals surface area contributed by atoms with Crippen molar-refractivity contribution < 1.29 is 0 Å². The van der Waals surface area contributed by atoms with Crippen molar-refractivity contribution in [2.75, 3.05) is 0 Å². The molecule has 6 heteroatoms. The Bertz CT molecular complexity index is 1100. The number of nitrogens with zero attached hydrogens (tertiary/aromatic N) is 4. The molecule has 0 atom stereocenters. The fourth-order valence-electron chi connectivity index (χ4n) is 2.46. The SMILES string of the molecule is CCc1ccc(/C=c2\sc3nc(-c4ccncc4)nn3c2=O)cc1. The number of benzene rings is 1. The van der Waals surface area contributed by atoms with E-state index < -0.39 is 0 Å². The van der Waals surface area contributed by atoms with Crippen molar-refractivity contribution in [1.29, 1.82) is 0 Å². The molecule has 5 nitrogen and oxygen atoms in total. The molecular weight excluding hydrogens is 320 g/mol. The van der Waals surface area contributed by atoms with E-state index in [-0.39, 0.29) is 5.56 Å². The molecular formula is C18H14N4OS. The minimum Gasteiger partial charge on any atom is -0.266 e. The molecule has 4 rings (SSSR count). The number of hydrogen-bond acceptors (Lipinski definition) is 5. The number of fused-ring (bicyclic) bond motifs is 1. The highest BCUT2D eigenvalue weighted by Gasteiger charge is 2.11. The van der Waals surface area contributed by atoms with Crippen molar-refractivity contribution >= 4 is 22.4 Å². The first kappa shape index (κ1) is 14.7. The van der Waals surface area contributed by atoms with Gasteiger partial charge in [0.2, 0.25) is 4.96 Å². The van der Waals surface area contributed by atoms with Crippen LogP contribution in [0.1, 0.15) is 18.1 Å². The summed E-state index contributed by atoms with van der Waals surface area (Å²) >= 11 is 1.35. The molecule has 0 aliphatic carbocycles. The third kappa shape index (κ3) is 2.61. The molecule has 4 aromatic rings. The molecule has 0 radical (unpaired) electrons. The monoisotopic (exact) mass is 334 g/mol. The molecule has 0 saturated carbocycles. The number of aryl methyl sites for hydroxylation is 1. The zero-order chi connectivity index (χ0) is 16.5. The quantitative estimate of drug-likeness (QED) is 0.577. The highest BCUT2D eigenvalue weighted by atomic mass is 32.1. The van der Waals surface area contributed by atoms with Gasteiger partial charge < -0.3 is 0 Å². The minimum atomic E-state index is -0.137. The Morgan fingerprint density at radius 2 is 1.88 bits per heavy atom. The first-order valence-corrected chi connectivity index (χ1v) is 8.47. The van der Waals surface area contributed by atoms with Gasteiger partial charge in [-0.1, -0.05) is 42.5 Å². The summed E-state index contributed by atoms with van der Waals surface area (Å²) < 4.78 is 2.00. The summed E-state index contributed by atoms with van der Waals surface area (Å²) in [5, 5.41) is 4.33. The normalized spacial score (nSPS) is 12.1. The summed E-state index contributed by atoms with van der Waals surface area (Å²) in [6.45, 7) is 2.12. The molecule has 3 heterocycles. The standard InChI is InChI=1S/C18H14N4OS/c1-2-12-3-5-13(6-4-12)11-15-17(23)22-18(24-15)20-16(21-22)14-7-9-19-10-8-14/h3-11H,2H2,1H3/b15-11-. The summed E-state index contributed by atoms with van der Waals surface area (Å²) in [6.07, 6.45) is 6.25. The smallest absolute Gasteiger partial charge is 0.266 e. The summed E-state index contributed by atoms with van der Waals surface area (Å²) in [5.41, 5.74) is 2.99. The average molecular weight is 334 g/mol. The summed E-state index contributed by atoms with van der Waals surface area (Å²) in [5.74, 6) is 0.541. The summed E-state index contributed by atoms with van der Waals surface area (Å²) in [4.78, 5) is 21.6. The van der Waals surface area contributed by atoms with Gasteiger partial charge in [-0.15, -0.1) is 5.10 Å². The van der Waals surface area contributed by atoms with Crippen LogP contribution in [0.25, 0.3) is 22.4 Å². The van der Waals surface area contributed by atoms with Crippen molar-refractivity contribution in [3.8, 4) is 11.4 Å². The van der Waals surface area contributed by atoms with E-state index in [2.05, 4.69) is 34.1 Å². The zero-order valence-corrected chi connectivity index (χ0v) is 13.8. The maximum absolute atomic E-state index is 12.5. The highest BCUT2D eigenvalue weighted by Crippen LogP contribution is 2.15. The Balaban J connectivity index is 1.78. The van der Waals surface area contributed by atoms with Crippen LogP contribution in [-0.4, -0.2) is 19.6 Å². The third-order valence-corrected chi connectivity index (χ3v) is 4.77. The molecule has 3 aromatic heterocycles. The molecule has 0 N–H and O–H groups in total. The predicted octanol–water partition coefficient (Wildman–Crippen LogP) is 2.32. The molecule has 0 unspecified atom stereocenters. The Morgan fingerprint density at radius 1 is 1.12 bits per heavy atom. The van der Waals surface area contributed by atoms with Crippen molar-refractivity contribution in [3.63, 3.8) is 0 Å². The average Bonchev–Trinajstić information content (AvgIpc) is 3.17. The van der Waals surface area contributed by atoms with E-state index in [1.807, 2.05) is 30.3 Å². The van der Waals surface area contributed by atoms with Gasteiger partial charge in [0, 0.05) is 18.0 Å². The number of thiazole rings is 1. The second-order valence-electron chi connectivity index (χ2n) is 5.38. The van der Waals surface area contributed by atoms with Crippen LogP contribution in [0.4, 0.5) is 0 Å². The number of pyridine rings is 1. The van der Waals surface area contributed by atoms with Gasteiger partial charge in [0.25, 0.3) is 5.56 Å². The first-order chi connectivity index (χ1) is 11.7. The molecule has 0 spiro atoms. The molecule has 0 saturated heterocycles. The maximum Gasteiger partial charge on any atom is 0.291 e. The second-order valence-corrected chi connectivity index (χ2v) is 6.39. The number of hydrogen-bond donors (Lipinski definition) is 0. The summed E-state index contributed by atoms with van der Waals surface area (Å²) in [7, 11) is 0. The lowest BCUT2D eigenvalue weighted by atomic mass is 10.1. The van der Waals surface area contributed by atoms with Crippen molar-refractivity contribution in [1.82, 2.24) is 19.6 Å². The fourth-order valence-corrected chi connectivity index (χ4v) is 3.37. The summed E-state index contributed by atoms with van der Waals surface area (Å²) in [6, 6.07) is 11.9. The fraction of sp³-hybridized carbons (Fsp3) is 0.111. The van der Waals surface area contributed by atoms with Crippen LogP contribution in [0.5, 0.6) is 0 Å². The second kappa shape index (κ2) is 5.98. The largest absolute Gasteiger partial charge is 0.291 e. The molecule has 24 heavy (non-hydrogen) atoms. The molecule has 1 aromatic carbocycles. The van der Waals surface area contributed by atoms with Crippen LogP contribution in [-0.2, 0) is 6.42 Å². The van der Waals surface area contributed by atoms with E-state index in [4.69, 9.17) is 0 Å². The lowest BCUT2D eigenvalue weighted by molar-refractivity contribution is 0.936. The third-order valence-electron chi connectivity index (χ3n) is 3.81. The molecule has 0 bridgehead atoms. The van der Waals surface area contributed by atoms with Crippen molar-refractivity contribution in [2.24, 2.45) is 0 Å². The van der Waals surface area contributed by atoms with Gasteiger partial charge in [0.05, 0.1) is 4.53 Å². The van der Waals surface area contributed by atoms with Crippen LogP contribution in [0.2, 0.25) is 0 Å².